The van der Waals surface area contributed by atoms with Gasteiger partial charge in [-0.3, -0.25) is 0 Å². The Morgan fingerprint density at radius 2 is 2.45 bits per heavy atom. The van der Waals surface area contributed by atoms with Gasteiger partial charge < -0.3 is 4.74 Å². The van der Waals surface area contributed by atoms with E-state index in [4.69, 9.17) is 0 Å². The van der Waals surface area contributed by atoms with Gasteiger partial charge in [-0.05, 0) is 5.92 Å². The second kappa shape index (κ2) is 3.37. The molecule has 62 valence electrons. The number of nitrogens with zero attached hydrogens (tertiary/aromatic N) is 2. The minimum absolute atomic E-state index is 0.345. The van der Waals surface area contributed by atoms with E-state index in [2.05, 4.69) is 9.84 Å². The number of cyclic esters (lactones) is 1. The van der Waals surface area contributed by atoms with Crippen LogP contribution < -0.4 is 0 Å². The molecule has 0 radical (unpaired) electrons. The highest BCUT2D eigenvalue weighted by Crippen LogP contribution is 2.03. The molecule has 1 heterocycles. The number of rotatable bonds is 2. The molecule has 0 atom stereocenters. The SMILES string of the molecule is CC(C)/C=N/N1CCOC1=O. The van der Waals surface area contributed by atoms with Gasteiger partial charge in [-0.25, -0.2) is 4.79 Å². The number of carbonyl (C=O) groups excluding carboxylic acids is 1. The van der Waals surface area contributed by atoms with Crippen LogP contribution in [0.3, 0.4) is 0 Å². The van der Waals surface area contributed by atoms with Crippen LogP contribution in [0.5, 0.6) is 0 Å². The lowest BCUT2D eigenvalue weighted by atomic mass is 10.3. The quantitative estimate of drug-likeness (QED) is 0.561. The predicted octanol–water partition coefficient (Wildman–Crippen LogP) is 1.08. The number of carbonyl (C=O) groups is 1. The van der Waals surface area contributed by atoms with Gasteiger partial charge >= 0.3 is 6.09 Å². The first kappa shape index (κ1) is 8.04. The molecule has 0 aliphatic carbocycles. The minimum Gasteiger partial charge on any atom is -0.446 e. The maximum atomic E-state index is 10.8. The smallest absolute Gasteiger partial charge is 0.430 e. The summed E-state index contributed by atoms with van der Waals surface area (Å²) in [5.74, 6) is 0.364. The Kier molecular flexibility index (Phi) is 2.46. The Hall–Kier alpha value is -1.06. The van der Waals surface area contributed by atoms with Crippen molar-refractivity contribution in [2.75, 3.05) is 13.2 Å². The number of hydrogen-bond donors (Lipinski definition) is 0. The first-order valence-corrected chi connectivity index (χ1v) is 3.68. The van der Waals surface area contributed by atoms with Gasteiger partial charge in [0, 0.05) is 6.21 Å². The Morgan fingerprint density at radius 3 is 2.91 bits per heavy atom. The second-order valence-corrected chi connectivity index (χ2v) is 2.75. The Bertz CT molecular complexity index is 177. The van der Waals surface area contributed by atoms with Crippen molar-refractivity contribution in [3.05, 3.63) is 0 Å². The molecule has 0 spiro atoms. The lowest BCUT2D eigenvalue weighted by molar-refractivity contribution is 0.159. The van der Waals surface area contributed by atoms with Crippen LogP contribution in [0.25, 0.3) is 0 Å². The van der Waals surface area contributed by atoms with Gasteiger partial charge in [0.25, 0.3) is 0 Å². The highest BCUT2D eigenvalue weighted by Gasteiger charge is 2.20. The van der Waals surface area contributed by atoms with Crippen LogP contribution >= 0.6 is 0 Å². The van der Waals surface area contributed by atoms with Crippen LogP contribution in [0.2, 0.25) is 0 Å². The lowest BCUT2D eigenvalue weighted by Crippen LogP contribution is -2.17. The molecule has 4 heteroatoms. The van der Waals surface area contributed by atoms with Gasteiger partial charge in [0.2, 0.25) is 0 Å². The molecule has 0 N–H and O–H groups in total. The Balaban J connectivity index is 2.42. The van der Waals surface area contributed by atoms with E-state index in [1.807, 2.05) is 13.8 Å². The molecule has 11 heavy (non-hydrogen) atoms. The van der Waals surface area contributed by atoms with Crippen molar-refractivity contribution in [2.45, 2.75) is 13.8 Å². The van der Waals surface area contributed by atoms with E-state index < -0.39 is 0 Å². The molecule has 1 saturated heterocycles. The molecule has 1 aliphatic rings. The molecule has 0 unspecified atom stereocenters. The average molecular weight is 156 g/mol. The van der Waals surface area contributed by atoms with Gasteiger partial charge in [0.1, 0.15) is 6.61 Å². The minimum atomic E-state index is -0.345. The van der Waals surface area contributed by atoms with E-state index in [0.717, 1.165) is 0 Å². The van der Waals surface area contributed by atoms with Crippen LogP contribution in [0.1, 0.15) is 13.8 Å². The molecular weight excluding hydrogens is 144 g/mol. The molecule has 0 aromatic heterocycles. The Labute approximate surface area is 65.8 Å². The first-order valence-electron chi connectivity index (χ1n) is 3.68. The van der Waals surface area contributed by atoms with Gasteiger partial charge in [-0.2, -0.15) is 10.1 Å². The van der Waals surface area contributed by atoms with Gasteiger partial charge in [-0.1, -0.05) is 13.8 Å². The van der Waals surface area contributed by atoms with E-state index in [0.29, 0.717) is 19.1 Å². The highest BCUT2D eigenvalue weighted by atomic mass is 16.6. The van der Waals surface area contributed by atoms with E-state index in [1.54, 1.807) is 6.21 Å². The van der Waals surface area contributed by atoms with E-state index >= 15 is 0 Å². The van der Waals surface area contributed by atoms with Crippen LogP contribution in [0.4, 0.5) is 4.79 Å². The zero-order valence-electron chi connectivity index (χ0n) is 6.78. The molecule has 0 saturated carbocycles. The fraction of sp³-hybridized carbons (Fsp3) is 0.714. The summed E-state index contributed by atoms with van der Waals surface area (Å²) in [6.45, 7) is 5.03. The zero-order chi connectivity index (χ0) is 8.27. The molecule has 0 bridgehead atoms. The molecule has 1 aliphatic heterocycles. The van der Waals surface area contributed by atoms with Crippen LogP contribution in [0, 0.1) is 5.92 Å². The van der Waals surface area contributed by atoms with Crippen molar-refractivity contribution < 1.29 is 9.53 Å². The largest absolute Gasteiger partial charge is 0.446 e. The van der Waals surface area contributed by atoms with Crippen molar-refractivity contribution in [3.8, 4) is 0 Å². The number of hydrazone groups is 1. The molecule has 0 aromatic rings. The number of ether oxygens (including phenoxy) is 1. The maximum absolute atomic E-state index is 10.8. The maximum Gasteiger partial charge on any atom is 0.430 e. The molecule has 4 nitrogen and oxygen atoms in total. The third-order valence-corrected chi connectivity index (χ3v) is 1.24. The highest BCUT2D eigenvalue weighted by molar-refractivity contribution is 5.71. The average Bonchev–Trinajstić information content (AvgIpc) is 2.31. The summed E-state index contributed by atoms with van der Waals surface area (Å²) in [6, 6.07) is 0. The van der Waals surface area contributed by atoms with Crippen LogP contribution in [-0.2, 0) is 4.74 Å². The standard InChI is InChI=1S/C7H12N2O2/c1-6(2)5-8-9-3-4-11-7(9)10/h5-6H,3-4H2,1-2H3/b8-5+. The van der Waals surface area contributed by atoms with E-state index in [-0.39, 0.29) is 6.09 Å². The molecule has 0 aromatic carbocycles. The van der Waals surface area contributed by atoms with Crippen LogP contribution in [0.15, 0.2) is 5.10 Å². The van der Waals surface area contributed by atoms with Crippen LogP contribution in [-0.4, -0.2) is 30.5 Å². The first-order chi connectivity index (χ1) is 5.20. The third-order valence-electron chi connectivity index (χ3n) is 1.24. The summed E-state index contributed by atoms with van der Waals surface area (Å²) in [6.07, 6.45) is 1.38. The van der Waals surface area contributed by atoms with E-state index in [1.165, 1.54) is 5.01 Å². The molecular formula is C7H12N2O2. The van der Waals surface area contributed by atoms with Gasteiger partial charge in [-0.15, -0.1) is 0 Å². The van der Waals surface area contributed by atoms with Crippen molar-refractivity contribution in [1.82, 2.24) is 5.01 Å². The normalized spacial score (nSPS) is 18.5. The Morgan fingerprint density at radius 1 is 1.73 bits per heavy atom. The molecule has 1 amide bonds. The molecule has 1 rings (SSSR count). The van der Waals surface area contributed by atoms with E-state index in [9.17, 15) is 4.79 Å². The number of amides is 1. The molecule has 1 fully saturated rings. The van der Waals surface area contributed by atoms with Crippen molar-refractivity contribution in [2.24, 2.45) is 11.0 Å². The third kappa shape index (κ3) is 2.22. The van der Waals surface area contributed by atoms with Gasteiger partial charge in [0.15, 0.2) is 0 Å². The van der Waals surface area contributed by atoms with Crippen molar-refractivity contribution in [3.63, 3.8) is 0 Å². The lowest BCUT2D eigenvalue weighted by Gasteiger charge is -2.03. The second-order valence-electron chi connectivity index (χ2n) is 2.75. The monoisotopic (exact) mass is 156 g/mol. The summed E-state index contributed by atoms with van der Waals surface area (Å²) < 4.78 is 4.67. The zero-order valence-corrected chi connectivity index (χ0v) is 6.78. The fourth-order valence-electron chi connectivity index (χ4n) is 0.704. The topological polar surface area (TPSA) is 41.9 Å². The summed E-state index contributed by atoms with van der Waals surface area (Å²) in [4.78, 5) is 10.8. The summed E-state index contributed by atoms with van der Waals surface area (Å²) in [5, 5.41) is 5.27. The summed E-state index contributed by atoms with van der Waals surface area (Å²) in [7, 11) is 0. The summed E-state index contributed by atoms with van der Waals surface area (Å²) in [5.41, 5.74) is 0. The van der Waals surface area contributed by atoms with Crippen molar-refractivity contribution >= 4 is 12.3 Å². The number of hydrogen-bond acceptors (Lipinski definition) is 3. The van der Waals surface area contributed by atoms with Gasteiger partial charge in [0.05, 0.1) is 6.54 Å². The fourth-order valence-corrected chi connectivity index (χ4v) is 0.704. The predicted molar refractivity (Wildman–Crippen MR) is 41.4 cm³/mol. The summed E-state index contributed by atoms with van der Waals surface area (Å²) >= 11 is 0. The van der Waals surface area contributed by atoms with Crippen molar-refractivity contribution in [1.29, 1.82) is 0 Å².